The molecular formula is C13H19FN2O2S2. The molecule has 0 saturated carbocycles. The van der Waals surface area contributed by atoms with E-state index in [1.807, 2.05) is 13.8 Å². The summed E-state index contributed by atoms with van der Waals surface area (Å²) in [5.74, 6) is -0.639. The minimum atomic E-state index is -3.88. The van der Waals surface area contributed by atoms with Crippen molar-refractivity contribution in [3.63, 3.8) is 0 Å². The summed E-state index contributed by atoms with van der Waals surface area (Å²) in [7, 11) is -3.88. The molecule has 112 valence electrons. The average molecular weight is 318 g/mol. The first-order chi connectivity index (χ1) is 9.25. The van der Waals surface area contributed by atoms with Crippen LogP contribution in [0.15, 0.2) is 29.2 Å². The van der Waals surface area contributed by atoms with Crippen molar-refractivity contribution < 1.29 is 12.8 Å². The van der Waals surface area contributed by atoms with E-state index in [9.17, 15) is 12.8 Å². The number of hydrogen-bond acceptors (Lipinski definition) is 3. The first-order valence-corrected chi connectivity index (χ1v) is 8.13. The minimum absolute atomic E-state index is 0.114. The molecule has 0 saturated heterocycles. The highest BCUT2D eigenvalue weighted by Crippen LogP contribution is 2.20. The van der Waals surface area contributed by atoms with E-state index in [4.69, 9.17) is 18.0 Å². The van der Waals surface area contributed by atoms with Crippen LogP contribution in [0.1, 0.15) is 20.3 Å². The van der Waals surface area contributed by atoms with Crippen molar-refractivity contribution in [3.8, 4) is 0 Å². The van der Waals surface area contributed by atoms with Gasteiger partial charge in [0.15, 0.2) is 0 Å². The van der Waals surface area contributed by atoms with Crippen molar-refractivity contribution in [2.75, 3.05) is 13.1 Å². The second-order valence-electron chi connectivity index (χ2n) is 4.90. The summed E-state index contributed by atoms with van der Waals surface area (Å²) in [5, 5.41) is 0. The minimum Gasteiger partial charge on any atom is -0.393 e. The van der Waals surface area contributed by atoms with Gasteiger partial charge in [0.1, 0.15) is 10.7 Å². The monoisotopic (exact) mass is 318 g/mol. The molecule has 0 aliphatic rings. The lowest BCUT2D eigenvalue weighted by molar-refractivity contribution is 0.372. The van der Waals surface area contributed by atoms with Crippen LogP contribution in [0.3, 0.4) is 0 Å². The predicted octanol–water partition coefficient (Wildman–Crippen LogP) is 2.15. The van der Waals surface area contributed by atoms with Gasteiger partial charge in [-0.3, -0.25) is 0 Å². The molecule has 0 bridgehead atoms. The molecule has 1 aromatic carbocycles. The van der Waals surface area contributed by atoms with E-state index in [1.165, 1.54) is 22.5 Å². The highest BCUT2D eigenvalue weighted by Gasteiger charge is 2.27. The summed E-state index contributed by atoms with van der Waals surface area (Å²) < 4.78 is 40.0. The van der Waals surface area contributed by atoms with E-state index in [0.29, 0.717) is 6.54 Å². The van der Waals surface area contributed by atoms with Gasteiger partial charge in [0.05, 0.1) is 4.99 Å². The largest absolute Gasteiger partial charge is 0.393 e. The highest BCUT2D eigenvalue weighted by atomic mass is 32.2. The molecule has 4 nitrogen and oxygen atoms in total. The molecule has 0 amide bonds. The van der Waals surface area contributed by atoms with Gasteiger partial charge in [-0.15, -0.1) is 0 Å². The molecule has 0 aliphatic heterocycles. The van der Waals surface area contributed by atoms with Crippen molar-refractivity contribution in [2.24, 2.45) is 11.7 Å². The highest BCUT2D eigenvalue weighted by molar-refractivity contribution is 7.89. The molecule has 0 atom stereocenters. The number of hydrogen-bond donors (Lipinski definition) is 1. The molecule has 0 heterocycles. The lowest BCUT2D eigenvalue weighted by Gasteiger charge is -2.24. The summed E-state index contributed by atoms with van der Waals surface area (Å²) in [5.41, 5.74) is 5.42. The second-order valence-corrected chi connectivity index (χ2v) is 7.33. The van der Waals surface area contributed by atoms with Gasteiger partial charge in [-0.2, -0.15) is 4.31 Å². The first kappa shape index (κ1) is 17.0. The Labute approximate surface area is 124 Å². The molecule has 0 spiro atoms. The van der Waals surface area contributed by atoms with Gasteiger partial charge >= 0.3 is 0 Å². The Bertz CT molecular complexity index is 573. The second kappa shape index (κ2) is 7.10. The Kier molecular flexibility index (Phi) is 6.04. The van der Waals surface area contributed by atoms with E-state index in [0.717, 1.165) is 6.07 Å². The van der Waals surface area contributed by atoms with E-state index in [1.54, 1.807) is 0 Å². The quantitative estimate of drug-likeness (QED) is 0.783. The summed E-state index contributed by atoms with van der Waals surface area (Å²) in [6.07, 6.45) is 0.274. The zero-order valence-electron chi connectivity index (χ0n) is 11.5. The van der Waals surface area contributed by atoms with Gasteiger partial charge in [0.25, 0.3) is 0 Å². The first-order valence-electron chi connectivity index (χ1n) is 6.28. The third-order valence-corrected chi connectivity index (χ3v) is 4.73. The van der Waals surface area contributed by atoms with Gasteiger partial charge in [0, 0.05) is 19.5 Å². The molecule has 7 heteroatoms. The summed E-state index contributed by atoms with van der Waals surface area (Å²) in [4.78, 5) is -0.0777. The Morgan fingerprint density at radius 2 is 2.00 bits per heavy atom. The SMILES string of the molecule is CC(C)CN(CCC(N)=S)S(=O)(=O)c1ccccc1F. The van der Waals surface area contributed by atoms with Crippen molar-refractivity contribution in [3.05, 3.63) is 30.1 Å². The molecule has 0 unspecified atom stereocenters. The number of thiocarbonyl (C=S) groups is 1. The third kappa shape index (κ3) is 4.50. The number of halogens is 1. The maximum atomic E-state index is 13.7. The molecule has 0 fully saturated rings. The fourth-order valence-electron chi connectivity index (χ4n) is 1.74. The Morgan fingerprint density at radius 1 is 1.40 bits per heavy atom. The van der Waals surface area contributed by atoms with Crippen LogP contribution in [0.4, 0.5) is 4.39 Å². The van der Waals surface area contributed by atoms with Crippen LogP contribution in [-0.2, 0) is 10.0 Å². The van der Waals surface area contributed by atoms with Gasteiger partial charge in [-0.1, -0.05) is 38.2 Å². The van der Waals surface area contributed by atoms with Crippen molar-refractivity contribution >= 4 is 27.2 Å². The molecular weight excluding hydrogens is 299 g/mol. The summed E-state index contributed by atoms with van der Waals surface area (Å²) in [6.45, 7) is 4.23. The smallest absolute Gasteiger partial charge is 0.246 e. The molecule has 1 aromatic rings. The van der Waals surface area contributed by atoms with E-state index >= 15 is 0 Å². The van der Waals surface area contributed by atoms with E-state index in [2.05, 4.69) is 0 Å². The lowest BCUT2D eigenvalue weighted by atomic mass is 10.2. The Balaban J connectivity index is 3.10. The predicted molar refractivity (Wildman–Crippen MR) is 81.4 cm³/mol. The van der Waals surface area contributed by atoms with Gasteiger partial charge in [-0.05, 0) is 18.1 Å². The van der Waals surface area contributed by atoms with E-state index < -0.39 is 15.8 Å². The normalized spacial score (nSPS) is 12.1. The number of rotatable bonds is 7. The summed E-state index contributed by atoms with van der Waals surface area (Å²) in [6, 6.07) is 5.35. The summed E-state index contributed by atoms with van der Waals surface area (Å²) >= 11 is 4.78. The van der Waals surface area contributed by atoms with Crippen LogP contribution >= 0.6 is 12.2 Å². The van der Waals surface area contributed by atoms with Crippen LogP contribution in [0, 0.1) is 11.7 Å². The number of sulfonamides is 1. The van der Waals surface area contributed by atoms with Gasteiger partial charge < -0.3 is 5.73 Å². The van der Waals surface area contributed by atoms with Gasteiger partial charge in [-0.25, -0.2) is 12.8 Å². The number of benzene rings is 1. The van der Waals surface area contributed by atoms with Gasteiger partial charge in [0.2, 0.25) is 10.0 Å². The van der Waals surface area contributed by atoms with Crippen molar-refractivity contribution in [2.45, 2.75) is 25.2 Å². The molecule has 0 radical (unpaired) electrons. The molecule has 2 N–H and O–H groups in total. The van der Waals surface area contributed by atoms with Crippen LogP contribution in [-0.4, -0.2) is 30.8 Å². The lowest BCUT2D eigenvalue weighted by Crippen LogP contribution is -2.36. The molecule has 20 heavy (non-hydrogen) atoms. The maximum Gasteiger partial charge on any atom is 0.246 e. The third-order valence-electron chi connectivity index (χ3n) is 2.63. The van der Waals surface area contributed by atoms with Crippen LogP contribution in [0.5, 0.6) is 0 Å². The van der Waals surface area contributed by atoms with Crippen molar-refractivity contribution in [1.82, 2.24) is 4.31 Å². The zero-order chi connectivity index (χ0) is 15.3. The number of nitrogens with zero attached hydrogens (tertiary/aromatic N) is 1. The Hall–Kier alpha value is -1.05. The molecule has 0 aromatic heterocycles. The van der Waals surface area contributed by atoms with Crippen LogP contribution in [0.2, 0.25) is 0 Å². The zero-order valence-corrected chi connectivity index (χ0v) is 13.2. The maximum absolute atomic E-state index is 13.7. The fraction of sp³-hybridized carbons (Fsp3) is 0.462. The van der Waals surface area contributed by atoms with Crippen LogP contribution < -0.4 is 5.73 Å². The van der Waals surface area contributed by atoms with Crippen molar-refractivity contribution in [1.29, 1.82) is 0 Å². The fourth-order valence-corrected chi connectivity index (χ4v) is 3.51. The molecule has 0 aliphatic carbocycles. The van der Waals surface area contributed by atoms with E-state index in [-0.39, 0.29) is 28.8 Å². The molecule has 1 rings (SSSR count). The standard InChI is InChI=1S/C13H19FN2O2S2/c1-10(2)9-16(8-7-13(15)19)20(17,18)12-6-4-3-5-11(12)14/h3-6,10H,7-9H2,1-2H3,(H2,15,19). The Morgan fingerprint density at radius 3 is 2.50 bits per heavy atom. The topological polar surface area (TPSA) is 63.4 Å². The van der Waals surface area contributed by atoms with Crippen LogP contribution in [0.25, 0.3) is 0 Å². The average Bonchev–Trinajstić information content (AvgIpc) is 2.34. The number of nitrogens with two attached hydrogens (primary N) is 1.